The van der Waals surface area contributed by atoms with Crippen LogP contribution in [0.1, 0.15) is 46.3 Å². The predicted octanol–water partition coefficient (Wildman–Crippen LogP) is 5.93. The molecule has 1 aliphatic rings. The molecule has 1 fully saturated rings. The van der Waals surface area contributed by atoms with Crippen LogP contribution in [0.15, 0.2) is 70.6 Å². The molecule has 0 atom stereocenters. The smallest absolute Gasteiger partial charge is 0.266 e. The Morgan fingerprint density at radius 2 is 1.73 bits per heavy atom. The van der Waals surface area contributed by atoms with Crippen LogP contribution in [0.4, 0.5) is 0 Å². The lowest BCUT2D eigenvalue weighted by atomic mass is 10.1. The molecule has 0 aliphatic carbocycles. The molecule has 4 aromatic rings. The van der Waals surface area contributed by atoms with Gasteiger partial charge in [-0.25, -0.2) is 4.98 Å². The summed E-state index contributed by atoms with van der Waals surface area (Å²) in [6.07, 6.45) is 3.22. The monoisotopic (exact) mass is 513 g/mol. The van der Waals surface area contributed by atoms with Gasteiger partial charge in [0.2, 0.25) is 0 Å². The molecule has 0 radical (unpaired) electrons. The van der Waals surface area contributed by atoms with Gasteiger partial charge in [0.1, 0.15) is 5.75 Å². The number of amides is 1. The summed E-state index contributed by atoms with van der Waals surface area (Å²) >= 11 is 1.50. The molecular formula is C30H31N3O3S. The zero-order valence-electron chi connectivity index (χ0n) is 21.5. The molecule has 0 saturated carbocycles. The molecule has 5 rings (SSSR count). The van der Waals surface area contributed by atoms with Gasteiger partial charge in [-0.2, -0.15) is 0 Å². The minimum Gasteiger partial charge on any atom is -0.497 e. The minimum absolute atomic E-state index is 0.00692. The molecule has 7 heteroatoms. The Labute approximate surface area is 221 Å². The summed E-state index contributed by atoms with van der Waals surface area (Å²) in [5, 5.41) is 1.09. The molecule has 37 heavy (non-hydrogen) atoms. The first-order valence-electron chi connectivity index (χ1n) is 12.6. The number of ether oxygens (including phenoxy) is 1. The third-order valence-electron chi connectivity index (χ3n) is 6.70. The average Bonchev–Trinajstić information content (AvgIpc) is 2.91. The highest BCUT2D eigenvalue weighted by Gasteiger charge is 2.20. The number of aromatic nitrogens is 2. The van der Waals surface area contributed by atoms with Crippen LogP contribution >= 0.6 is 11.8 Å². The Balaban J connectivity index is 1.60. The van der Waals surface area contributed by atoms with Crippen LogP contribution in [0.25, 0.3) is 16.6 Å². The SMILES string of the molecule is COc1cccc(CSc2nc3cc(C(=O)N4CCCCC4)ccc3c(=O)n2-c2cc(C)cc(C)c2)c1. The topological polar surface area (TPSA) is 64.4 Å². The second kappa shape index (κ2) is 10.8. The van der Waals surface area contributed by atoms with Crippen LogP contribution in [-0.2, 0) is 5.75 Å². The largest absolute Gasteiger partial charge is 0.497 e. The number of likely N-dealkylation sites (tertiary alicyclic amines) is 1. The highest BCUT2D eigenvalue weighted by molar-refractivity contribution is 7.98. The number of carbonyl (C=O) groups excluding carboxylic acids is 1. The van der Waals surface area contributed by atoms with Gasteiger partial charge >= 0.3 is 0 Å². The van der Waals surface area contributed by atoms with Crippen molar-refractivity contribution in [3.8, 4) is 11.4 Å². The van der Waals surface area contributed by atoms with Crippen LogP contribution in [0.5, 0.6) is 5.75 Å². The number of benzene rings is 3. The Bertz CT molecular complexity index is 1500. The Morgan fingerprint density at radius 3 is 2.46 bits per heavy atom. The van der Waals surface area contributed by atoms with E-state index in [2.05, 4.69) is 6.07 Å². The van der Waals surface area contributed by atoms with Crippen LogP contribution in [0.3, 0.4) is 0 Å². The molecule has 2 heterocycles. The van der Waals surface area contributed by atoms with Crippen LogP contribution in [0, 0.1) is 13.8 Å². The third-order valence-corrected chi connectivity index (χ3v) is 7.71. The molecule has 1 amide bonds. The number of thioether (sulfide) groups is 1. The number of fused-ring (bicyclic) bond motifs is 1. The van der Waals surface area contributed by atoms with E-state index in [0.717, 1.165) is 60.5 Å². The van der Waals surface area contributed by atoms with Crippen molar-refractivity contribution in [1.29, 1.82) is 0 Å². The van der Waals surface area contributed by atoms with Gasteiger partial charge in [-0.3, -0.25) is 14.2 Å². The molecule has 1 saturated heterocycles. The van der Waals surface area contributed by atoms with E-state index in [1.165, 1.54) is 11.8 Å². The quantitative estimate of drug-likeness (QED) is 0.236. The second-order valence-corrected chi connectivity index (χ2v) is 10.5. The molecule has 3 aromatic carbocycles. The number of nitrogens with zero attached hydrogens (tertiary/aromatic N) is 3. The summed E-state index contributed by atoms with van der Waals surface area (Å²) in [5.74, 6) is 1.41. The summed E-state index contributed by atoms with van der Waals surface area (Å²) < 4.78 is 7.07. The van der Waals surface area contributed by atoms with E-state index in [4.69, 9.17) is 9.72 Å². The summed E-state index contributed by atoms with van der Waals surface area (Å²) in [6, 6.07) is 19.3. The van der Waals surface area contributed by atoms with E-state index >= 15 is 0 Å². The number of aryl methyl sites for hydroxylation is 2. The van der Waals surface area contributed by atoms with Gasteiger partial charge in [0.15, 0.2) is 5.16 Å². The normalized spacial score (nSPS) is 13.6. The molecule has 0 unspecified atom stereocenters. The average molecular weight is 514 g/mol. The number of methoxy groups -OCH3 is 1. The van der Waals surface area contributed by atoms with E-state index in [-0.39, 0.29) is 11.5 Å². The fourth-order valence-electron chi connectivity index (χ4n) is 4.89. The number of piperidine rings is 1. The highest BCUT2D eigenvalue weighted by Crippen LogP contribution is 2.27. The third kappa shape index (κ3) is 5.42. The summed E-state index contributed by atoms with van der Waals surface area (Å²) in [4.78, 5) is 33.9. The Kier molecular flexibility index (Phi) is 7.33. The van der Waals surface area contributed by atoms with E-state index < -0.39 is 0 Å². The Morgan fingerprint density at radius 1 is 0.973 bits per heavy atom. The maximum atomic E-state index is 13.9. The maximum Gasteiger partial charge on any atom is 0.266 e. The summed E-state index contributed by atoms with van der Waals surface area (Å²) in [5.41, 5.74) is 5.00. The molecule has 1 aromatic heterocycles. The molecule has 0 spiro atoms. The standard InChI is InChI=1S/C30H31N3O3S/c1-20-14-21(2)16-24(15-20)33-29(35)26-11-10-23(28(34)32-12-5-4-6-13-32)18-27(26)31-30(33)37-19-22-8-7-9-25(17-22)36-3/h7-11,14-18H,4-6,12-13,19H2,1-3H3. The number of hydrogen-bond acceptors (Lipinski definition) is 5. The first-order chi connectivity index (χ1) is 17.9. The number of carbonyl (C=O) groups is 1. The minimum atomic E-state index is -0.139. The van der Waals surface area contributed by atoms with Crippen molar-refractivity contribution in [2.45, 2.75) is 44.0 Å². The van der Waals surface area contributed by atoms with Crippen molar-refractivity contribution >= 4 is 28.6 Å². The van der Waals surface area contributed by atoms with Crippen molar-refractivity contribution in [3.05, 3.63) is 93.3 Å². The van der Waals surface area contributed by atoms with Crippen molar-refractivity contribution < 1.29 is 9.53 Å². The van der Waals surface area contributed by atoms with Crippen LogP contribution < -0.4 is 10.3 Å². The zero-order chi connectivity index (χ0) is 25.9. The number of hydrogen-bond donors (Lipinski definition) is 0. The zero-order valence-corrected chi connectivity index (χ0v) is 22.3. The lowest BCUT2D eigenvalue weighted by molar-refractivity contribution is 0.0724. The van der Waals surface area contributed by atoms with Crippen molar-refractivity contribution in [1.82, 2.24) is 14.5 Å². The molecular weight excluding hydrogens is 482 g/mol. The van der Waals surface area contributed by atoms with E-state index in [1.54, 1.807) is 29.9 Å². The lowest BCUT2D eigenvalue weighted by Crippen LogP contribution is -2.35. The first-order valence-corrected chi connectivity index (χ1v) is 13.6. The van der Waals surface area contributed by atoms with Gasteiger partial charge < -0.3 is 9.64 Å². The highest BCUT2D eigenvalue weighted by atomic mass is 32.2. The van der Waals surface area contributed by atoms with Crippen molar-refractivity contribution in [2.75, 3.05) is 20.2 Å². The van der Waals surface area contributed by atoms with Gasteiger partial charge in [0, 0.05) is 24.4 Å². The van der Waals surface area contributed by atoms with Crippen LogP contribution in [-0.4, -0.2) is 40.6 Å². The first kappa shape index (κ1) is 25.1. The Hall–Kier alpha value is -3.58. The fourth-order valence-corrected chi connectivity index (χ4v) is 5.85. The van der Waals surface area contributed by atoms with Crippen molar-refractivity contribution in [2.24, 2.45) is 0 Å². The van der Waals surface area contributed by atoms with Gasteiger partial charge in [0.05, 0.1) is 23.7 Å². The van der Waals surface area contributed by atoms with Crippen molar-refractivity contribution in [3.63, 3.8) is 0 Å². The van der Waals surface area contributed by atoms with Crippen LogP contribution in [0.2, 0.25) is 0 Å². The number of rotatable bonds is 6. The molecule has 0 bridgehead atoms. The lowest BCUT2D eigenvalue weighted by Gasteiger charge is -2.26. The molecule has 0 N–H and O–H groups in total. The second-order valence-electron chi connectivity index (χ2n) is 9.61. The predicted molar refractivity (Wildman–Crippen MR) is 149 cm³/mol. The summed E-state index contributed by atoms with van der Waals surface area (Å²) in [7, 11) is 1.65. The maximum absolute atomic E-state index is 13.9. The fraction of sp³-hybridized carbons (Fsp3) is 0.300. The summed E-state index contributed by atoms with van der Waals surface area (Å²) in [6.45, 7) is 5.61. The van der Waals surface area contributed by atoms with Gasteiger partial charge in [-0.05, 0) is 92.3 Å². The molecule has 6 nitrogen and oxygen atoms in total. The molecule has 190 valence electrons. The van der Waals surface area contributed by atoms with Gasteiger partial charge in [0.25, 0.3) is 11.5 Å². The van der Waals surface area contributed by atoms with Gasteiger partial charge in [-0.1, -0.05) is 30.0 Å². The van der Waals surface area contributed by atoms with E-state index in [0.29, 0.717) is 27.4 Å². The van der Waals surface area contributed by atoms with Gasteiger partial charge in [-0.15, -0.1) is 0 Å². The molecule has 1 aliphatic heterocycles. The van der Waals surface area contributed by atoms with E-state index in [9.17, 15) is 9.59 Å². The van der Waals surface area contributed by atoms with E-state index in [1.807, 2.05) is 55.1 Å².